The average molecular weight is 220 g/mol. The highest BCUT2D eigenvalue weighted by molar-refractivity contribution is 5.56. The average Bonchev–Trinajstić information content (AvgIpc) is 2.22. The third kappa shape index (κ3) is 3.53. The van der Waals surface area contributed by atoms with E-state index in [1.807, 2.05) is 0 Å². The van der Waals surface area contributed by atoms with Crippen molar-refractivity contribution in [3.63, 3.8) is 0 Å². The summed E-state index contributed by atoms with van der Waals surface area (Å²) in [4.78, 5) is 0. The van der Waals surface area contributed by atoms with Crippen molar-refractivity contribution in [2.45, 2.75) is 34.1 Å². The molecular weight excluding hydrogens is 196 g/mol. The highest BCUT2D eigenvalue weighted by Gasteiger charge is 2.14. The lowest BCUT2D eigenvalue weighted by Crippen LogP contribution is -2.26. The molecule has 0 bridgehead atoms. The number of nitrogens with two attached hydrogens (primary N) is 1. The molecular formula is C14H24N2. The molecule has 1 aromatic carbocycles. The number of anilines is 1. The Hall–Kier alpha value is -1.02. The maximum absolute atomic E-state index is 5.72. The van der Waals surface area contributed by atoms with Crippen LogP contribution in [0.1, 0.15) is 31.4 Å². The van der Waals surface area contributed by atoms with Crippen LogP contribution in [0.25, 0.3) is 0 Å². The molecule has 0 saturated carbocycles. The van der Waals surface area contributed by atoms with E-state index >= 15 is 0 Å². The Morgan fingerprint density at radius 2 is 1.75 bits per heavy atom. The maximum Gasteiger partial charge on any atom is 0.0399 e. The second-order valence-electron chi connectivity index (χ2n) is 5.31. The smallest absolute Gasteiger partial charge is 0.0399 e. The minimum atomic E-state index is 0.226. The van der Waals surface area contributed by atoms with E-state index in [4.69, 9.17) is 5.73 Å². The van der Waals surface area contributed by atoms with Crippen LogP contribution in [0.2, 0.25) is 0 Å². The van der Waals surface area contributed by atoms with Crippen LogP contribution in [0, 0.1) is 19.3 Å². The van der Waals surface area contributed by atoms with Crippen molar-refractivity contribution in [2.24, 2.45) is 11.1 Å². The normalized spacial score (nSPS) is 11.6. The molecule has 0 saturated heterocycles. The monoisotopic (exact) mass is 220 g/mol. The predicted octanol–water partition coefficient (Wildman–Crippen LogP) is 3.09. The van der Waals surface area contributed by atoms with Gasteiger partial charge in [-0.05, 0) is 43.4 Å². The molecule has 0 amide bonds. The second-order valence-corrected chi connectivity index (χ2v) is 5.31. The molecule has 0 heterocycles. The van der Waals surface area contributed by atoms with Crippen LogP contribution in [0.3, 0.4) is 0 Å². The molecule has 1 rings (SSSR count). The quantitative estimate of drug-likeness (QED) is 0.800. The third-order valence-corrected chi connectivity index (χ3v) is 3.14. The summed E-state index contributed by atoms with van der Waals surface area (Å²) in [6, 6.07) is 6.38. The molecule has 16 heavy (non-hydrogen) atoms. The summed E-state index contributed by atoms with van der Waals surface area (Å²) in [5, 5.41) is 3.52. The van der Waals surface area contributed by atoms with Crippen molar-refractivity contribution in [1.29, 1.82) is 0 Å². The number of nitrogens with one attached hydrogen (secondary N) is 1. The maximum atomic E-state index is 5.72. The van der Waals surface area contributed by atoms with Crippen molar-refractivity contribution in [3.05, 3.63) is 29.3 Å². The van der Waals surface area contributed by atoms with Crippen LogP contribution in [0.4, 0.5) is 5.69 Å². The van der Waals surface area contributed by atoms with Crippen LogP contribution >= 0.6 is 0 Å². The fourth-order valence-electron chi connectivity index (χ4n) is 1.72. The Morgan fingerprint density at radius 1 is 1.19 bits per heavy atom. The summed E-state index contributed by atoms with van der Waals surface area (Å²) < 4.78 is 0. The lowest BCUT2D eigenvalue weighted by Gasteiger charge is -2.23. The molecule has 90 valence electrons. The van der Waals surface area contributed by atoms with Crippen LogP contribution < -0.4 is 11.1 Å². The molecule has 0 aliphatic heterocycles. The van der Waals surface area contributed by atoms with E-state index in [9.17, 15) is 0 Å². The third-order valence-electron chi connectivity index (χ3n) is 3.14. The molecule has 3 N–H and O–H groups in total. The number of hydrogen-bond donors (Lipinski definition) is 2. The van der Waals surface area contributed by atoms with E-state index in [1.165, 1.54) is 16.8 Å². The van der Waals surface area contributed by atoms with Gasteiger partial charge in [0.05, 0.1) is 0 Å². The van der Waals surface area contributed by atoms with Gasteiger partial charge in [0.2, 0.25) is 0 Å². The molecule has 0 atom stereocenters. The van der Waals surface area contributed by atoms with Gasteiger partial charge in [-0.25, -0.2) is 0 Å². The SMILES string of the molecule is Cc1cccc(C)c1NCCC(C)(C)CN. The Balaban J connectivity index is 2.56. The van der Waals surface area contributed by atoms with Crippen LogP contribution in [-0.2, 0) is 0 Å². The molecule has 2 heteroatoms. The number of hydrogen-bond acceptors (Lipinski definition) is 2. The van der Waals surface area contributed by atoms with E-state index in [-0.39, 0.29) is 5.41 Å². The van der Waals surface area contributed by atoms with Gasteiger partial charge in [-0.3, -0.25) is 0 Å². The summed E-state index contributed by atoms with van der Waals surface area (Å²) in [6.07, 6.45) is 1.09. The lowest BCUT2D eigenvalue weighted by atomic mass is 9.89. The first-order valence-corrected chi connectivity index (χ1v) is 5.96. The summed E-state index contributed by atoms with van der Waals surface area (Å²) in [5.74, 6) is 0. The Labute approximate surface area is 99.2 Å². The first kappa shape index (κ1) is 13.0. The summed E-state index contributed by atoms with van der Waals surface area (Å²) >= 11 is 0. The first-order valence-electron chi connectivity index (χ1n) is 5.96. The van der Waals surface area contributed by atoms with Gasteiger partial charge in [0.15, 0.2) is 0 Å². The standard InChI is InChI=1S/C14H24N2/c1-11-6-5-7-12(2)13(11)16-9-8-14(3,4)10-15/h5-7,16H,8-10,15H2,1-4H3. The zero-order chi connectivity index (χ0) is 12.2. The number of aryl methyl sites for hydroxylation is 2. The first-order chi connectivity index (χ1) is 7.46. The molecule has 0 radical (unpaired) electrons. The Morgan fingerprint density at radius 3 is 2.25 bits per heavy atom. The molecule has 0 aliphatic rings. The Kier molecular flexibility index (Phi) is 4.36. The van der Waals surface area contributed by atoms with Gasteiger partial charge in [-0.2, -0.15) is 0 Å². The molecule has 0 unspecified atom stereocenters. The summed E-state index contributed by atoms with van der Waals surface area (Å²) in [5.41, 5.74) is 9.84. The van der Waals surface area contributed by atoms with Gasteiger partial charge in [0.25, 0.3) is 0 Å². The zero-order valence-corrected chi connectivity index (χ0v) is 10.9. The second kappa shape index (κ2) is 5.35. The van der Waals surface area contributed by atoms with Crippen molar-refractivity contribution in [3.8, 4) is 0 Å². The van der Waals surface area contributed by atoms with Crippen LogP contribution in [-0.4, -0.2) is 13.1 Å². The van der Waals surface area contributed by atoms with Crippen molar-refractivity contribution < 1.29 is 0 Å². The molecule has 0 aliphatic carbocycles. The highest BCUT2D eigenvalue weighted by atomic mass is 14.9. The molecule has 0 spiro atoms. The molecule has 2 nitrogen and oxygen atoms in total. The lowest BCUT2D eigenvalue weighted by molar-refractivity contribution is 0.358. The van der Waals surface area contributed by atoms with Gasteiger partial charge in [0, 0.05) is 12.2 Å². The number of benzene rings is 1. The van der Waals surface area contributed by atoms with E-state index in [0.29, 0.717) is 0 Å². The largest absolute Gasteiger partial charge is 0.385 e. The Bertz CT molecular complexity index is 322. The van der Waals surface area contributed by atoms with E-state index < -0.39 is 0 Å². The fraction of sp³-hybridized carbons (Fsp3) is 0.571. The van der Waals surface area contributed by atoms with Gasteiger partial charge in [-0.1, -0.05) is 32.0 Å². The zero-order valence-electron chi connectivity index (χ0n) is 10.9. The van der Waals surface area contributed by atoms with Crippen molar-refractivity contribution in [1.82, 2.24) is 0 Å². The van der Waals surface area contributed by atoms with Crippen molar-refractivity contribution >= 4 is 5.69 Å². The molecule has 0 fully saturated rings. The fourth-order valence-corrected chi connectivity index (χ4v) is 1.72. The van der Waals surface area contributed by atoms with Crippen LogP contribution in [0.15, 0.2) is 18.2 Å². The van der Waals surface area contributed by atoms with Gasteiger partial charge < -0.3 is 11.1 Å². The summed E-state index contributed by atoms with van der Waals surface area (Å²) in [7, 11) is 0. The van der Waals surface area contributed by atoms with E-state index in [2.05, 4.69) is 51.2 Å². The van der Waals surface area contributed by atoms with Gasteiger partial charge in [0.1, 0.15) is 0 Å². The molecule has 0 aromatic heterocycles. The summed E-state index contributed by atoms with van der Waals surface area (Å²) in [6.45, 7) is 10.4. The number of rotatable bonds is 5. The van der Waals surface area contributed by atoms with Gasteiger partial charge >= 0.3 is 0 Å². The number of para-hydroxylation sites is 1. The van der Waals surface area contributed by atoms with E-state index in [1.54, 1.807) is 0 Å². The van der Waals surface area contributed by atoms with Gasteiger partial charge in [-0.15, -0.1) is 0 Å². The van der Waals surface area contributed by atoms with E-state index in [0.717, 1.165) is 19.5 Å². The van der Waals surface area contributed by atoms with Crippen LogP contribution in [0.5, 0.6) is 0 Å². The molecule has 1 aromatic rings. The minimum absolute atomic E-state index is 0.226. The minimum Gasteiger partial charge on any atom is -0.385 e. The topological polar surface area (TPSA) is 38.0 Å². The highest BCUT2D eigenvalue weighted by Crippen LogP contribution is 2.22. The van der Waals surface area contributed by atoms with Crippen molar-refractivity contribution in [2.75, 3.05) is 18.4 Å². The predicted molar refractivity (Wildman–Crippen MR) is 71.9 cm³/mol.